The second-order valence-corrected chi connectivity index (χ2v) is 3.27. The summed E-state index contributed by atoms with van der Waals surface area (Å²) in [7, 11) is 1.61. The van der Waals surface area contributed by atoms with Crippen LogP contribution in [0.1, 0.15) is 0 Å². The highest BCUT2D eigenvalue weighted by molar-refractivity contribution is 6.34. The molecule has 0 atom stereocenters. The van der Waals surface area contributed by atoms with Crippen LogP contribution in [0.3, 0.4) is 0 Å². The number of fused-ring (bicyclic) bond motifs is 1. The molecule has 1 aromatic carbocycles. The van der Waals surface area contributed by atoms with Crippen LogP contribution in [0.25, 0.3) is 10.8 Å². The highest BCUT2D eigenvalue weighted by Crippen LogP contribution is 2.29. The van der Waals surface area contributed by atoms with Gasteiger partial charge in [0.1, 0.15) is 10.9 Å². The minimum absolute atomic E-state index is 0.438. The lowest BCUT2D eigenvalue weighted by Gasteiger charge is -2.05. The average Bonchev–Trinajstić information content (AvgIpc) is 2.23. The molecule has 72 valence electrons. The molecule has 0 amide bonds. The van der Waals surface area contributed by atoms with Gasteiger partial charge in [0.15, 0.2) is 0 Å². The Morgan fingerprint density at radius 3 is 2.86 bits per heavy atom. The van der Waals surface area contributed by atoms with Crippen LogP contribution >= 0.6 is 11.6 Å². The average molecular weight is 209 g/mol. The fourth-order valence-corrected chi connectivity index (χ4v) is 1.54. The van der Waals surface area contributed by atoms with E-state index in [1.165, 1.54) is 0 Å². The van der Waals surface area contributed by atoms with Gasteiger partial charge in [-0.15, -0.1) is 0 Å². The van der Waals surface area contributed by atoms with Gasteiger partial charge in [-0.3, -0.25) is 0 Å². The number of nitrogen functional groups attached to an aromatic ring is 1. The molecule has 1 heterocycles. The number of aromatic nitrogens is 1. The van der Waals surface area contributed by atoms with Gasteiger partial charge in [0.2, 0.25) is 0 Å². The standard InChI is InChI=1S/C10H9ClN2O/c1-14-6-2-3-7-8(4-6)10(11)13-5-9(7)12/h2-5H,12H2,1H3. The highest BCUT2D eigenvalue weighted by atomic mass is 35.5. The van der Waals surface area contributed by atoms with Crippen molar-refractivity contribution < 1.29 is 4.74 Å². The molecular formula is C10H9ClN2O. The Kier molecular flexibility index (Phi) is 2.17. The van der Waals surface area contributed by atoms with Crippen LogP contribution < -0.4 is 10.5 Å². The summed E-state index contributed by atoms with van der Waals surface area (Å²) < 4.78 is 5.09. The molecule has 0 radical (unpaired) electrons. The fraction of sp³-hybridized carbons (Fsp3) is 0.100. The Morgan fingerprint density at radius 1 is 1.36 bits per heavy atom. The van der Waals surface area contributed by atoms with E-state index in [1.807, 2.05) is 18.2 Å². The van der Waals surface area contributed by atoms with Crippen LogP contribution in [0, 0.1) is 0 Å². The second-order valence-electron chi connectivity index (χ2n) is 2.92. The summed E-state index contributed by atoms with van der Waals surface area (Å²) in [6.45, 7) is 0. The first-order valence-corrected chi connectivity index (χ1v) is 4.48. The van der Waals surface area contributed by atoms with E-state index < -0.39 is 0 Å². The van der Waals surface area contributed by atoms with Gasteiger partial charge in [0.25, 0.3) is 0 Å². The van der Waals surface area contributed by atoms with E-state index in [1.54, 1.807) is 13.3 Å². The number of benzene rings is 1. The lowest BCUT2D eigenvalue weighted by atomic mass is 10.1. The van der Waals surface area contributed by atoms with Crippen molar-refractivity contribution in [2.75, 3.05) is 12.8 Å². The van der Waals surface area contributed by atoms with E-state index in [0.717, 1.165) is 16.5 Å². The molecule has 2 aromatic rings. The number of hydrogen-bond acceptors (Lipinski definition) is 3. The number of hydrogen-bond donors (Lipinski definition) is 1. The summed E-state index contributed by atoms with van der Waals surface area (Å²) in [4.78, 5) is 3.97. The molecule has 1 aromatic heterocycles. The van der Waals surface area contributed by atoms with E-state index in [4.69, 9.17) is 22.1 Å². The number of nitrogens with two attached hydrogens (primary N) is 1. The van der Waals surface area contributed by atoms with Gasteiger partial charge in [0.05, 0.1) is 19.0 Å². The molecule has 4 heteroatoms. The van der Waals surface area contributed by atoms with Gasteiger partial charge in [0, 0.05) is 10.8 Å². The second kappa shape index (κ2) is 3.35. The van der Waals surface area contributed by atoms with E-state index in [2.05, 4.69) is 4.98 Å². The van der Waals surface area contributed by atoms with E-state index >= 15 is 0 Å². The lowest BCUT2D eigenvalue weighted by Crippen LogP contribution is -1.90. The van der Waals surface area contributed by atoms with Crippen molar-refractivity contribution in [2.24, 2.45) is 0 Å². The zero-order valence-corrected chi connectivity index (χ0v) is 8.38. The Balaban J connectivity index is 2.80. The lowest BCUT2D eigenvalue weighted by molar-refractivity contribution is 0.415. The van der Waals surface area contributed by atoms with Gasteiger partial charge in [-0.1, -0.05) is 11.6 Å². The summed E-state index contributed by atoms with van der Waals surface area (Å²) in [6, 6.07) is 5.53. The molecule has 0 spiro atoms. The molecule has 0 bridgehead atoms. The van der Waals surface area contributed by atoms with Crippen LogP contribution in [0.15, 0.2) is 24.4 Å². The molecule has 0 aliphatic carbocycles. The molecule has 0 fully saturated rings. The van der Waals surface area contributed by atoms with Crippen molar-refractivity contribution in [1.82, 2.24) is 4.98 Å². The van der Waals surface area contributed by atoms with Crippen molar-refractivity contribution in [3.05, 3.63) is 29.5 Å². The smallest absolute Gasteiger partial charge is 0.137 e. The maximum absolute atomic E-state index is 5.94. The molecule has 0 saturated carbocycles. The topological polar surface area (TPSA) is 48.1 Å². The van der Waals surface area contributed by atoms with E-state index in [9.17, 15) is 0 Å². The number of rotatable bonds is 1. The van der Waals surface area contributed by atoms with Crippen LogP contribution in [-0.2, 0) is 0 Å². The normalized spacial score (nSPS) is 10.4. The van der Waals surface area contributed by atoms with E-state index in [-0.39, 0.29) is 0 Å². The van der Waals surface area contributed by atoms with Crippen LogP contribution in [-0.4, -0.2) is 12.1 Å². The van der Waals surface area contributed by atoms with Crippen molar-refractivity contribution in [3.63, 3.8) is 0 Å². The predicted molar refractivity (Wildman–Crippen MR) is 57.7 cm³/mol. The predicted octanol–water partition coefficient (Wildman–Crippen LogP) is 2.48. The molecule has 0 saturated heterocycles. The number of halogens is 1. The number of nitrogens with zero attached hydrogens (tertiary/aromatic N) is 1. The Bertz CT molecular complexity index is 485. The van der Waals surface area contributed by atoms with Gasteiger partial charge < -0.3 is 10.5 Å². The Labute approximate surface area is 86.5 Å². The number of ether oxygens (including phenoxy) is 1. The Hall–Kier alpha value is -1.48. The summed E-state index contributed by atoms with van der Waals surface area (Å²) in [5.41, 5.74) is 6.37. The molecule has 14 heavy (non-hydrogen) atoms. The maximum Gasteiger partial charge on any atom is 0.137 e. The minimum atomic E-state index is 0.438. The molecule has 2 rings (SSSR count). The first-order chi connectivity index (χ1) is 6.72. The van der Waals surface area contributed by atoms with Crippen molar-refractivity contribution >= 4 is 28.1 Å². The molecule has 0 aliphatic rings. The van der Waals surface area contributed by atoms with Gasteiger partial charge >= 0.3 is 0 Å². The van der Waals surface area contributed by atoms with Gasteiger partial charge in [-0.25, -0.2) is 4.98 Å². The monoisotopic (exact) mass is 208 g/mol. The largest absolute Gasteiger partial charge is 0.497 e. The maximum atomic E-state index is 5.94. The number of methoxy groups -OCH3 is 1. The zero-order chi connectivity index (χ0) is 10.1. The summed E-state index contributed by atoms with van der Waals surface area (Å²) in [6.07, 6.45) is 1.55. The van der Waals surface area contributed by atoms with Gasteiger partial charge in [-0.2, -0.15) is 0 Å². The van der Waals surface area contributed by atoms with Crippen LogP contribution in [0.2, 0.25) is 5.15 Å². The Morgan fingerprint density at radius 2 is 2.14 bits per heavy atom. The zero-order valence-electron chi connectivity index (χ0n) is 7.62. The SMILES string of the molecule is COc1ccc2c(N)cnc(Cl)c2c1. The van der Waals surface area contributed by atoms with Gasteiger partial charge in [-0.05, 0) is 18.2 Å². The van der Waals surface area contributed by atoms with Crippen LogP contribution in [0.4, 0.5) is 5.69 Å². The first-order valence-electron chi connectivity index (χ1n) is 4.10. The minimum Gasteiger partial charge on any atom is -0.497 e. The third-order valence-electron chi connectivity index (χ3n) is 2.08. The molecule has 3 nitrogen and oxygen atoms in total. The van der Waals surface area contributed by atoms with Crippen molar-refractivity contribution in [1.29, 1.82) is 0 Å². The highest BCUT2D eigenvalue weighted by Gasteiger charge is 2.04. The number of anilines is 1. The summed E-state index contributed by atoms with van der Waals surface area (Å²) in [5, 5.41) is 2.14. The molecule has 0 aliphatic heterocycles. The quantitative estimate of drug-likeness (QED) is 0.733. The fourth-order valence-electron chi connectivity index (χ4n) is 1.34. The summed E-state index contributed by atoms with van der Waals surface area (Å²) >= 11 is 5.94. The third kappa shape index (κ3) is 1.36. The first kappa shape index (κ1) is 9.09. The summed E-state index contributed by atoms with van der Waals surface area (Å²) in [5.74, 6) is 0.742. The molecular weight excluding hydrogens is 200 g/mol. The van der Waals surface area contributed by atoms with Crippen molar-refractivity contribution in [3.8, 4) is 5.75 Å². The third-order valence-corrected chi connectivity index (χ3v) is 2.38. The molecule has 2 N–H and O–H groups in total. The number of pyridine rings is 1. The van der Waals surface area contributed by atoms with E-state index in [0.29, 0.717) is 10.8 Å². The van der Waals surface area contributed by atoms with Crippen molar-refractivity contribution in [2.45, 2.75) is 0 Å². The van der Waals surface area contributed by atoms with Crippen LogP contribution in [0.5, 0.6) is 5.75 Å². The molecule has 0 unspecified atom stereocenters.